The van der Waals surface area contributed by atoms with Crippen molar-refractivity contribution in [3.8, 4) is 6.07 Å². The zero-order valence-corrected chi connectivity index (χ0v) is 13.4. The molecular weight excluding hydrogens is 266 g/mol. The largest absolute Gasteiger partial charge is 0.444 e. The average molecular weight is 293 g/mol. The topological polar surface area (TPSA) is 74.2 Å². The number of hydrogen-bond donors (Lipinski definition) is 2. The number of hydrogen-bond acceptors (Lipinski definition) is 4. The standard InChI is InChI=1S/C16H27N3O2/c1-15(2,3)21-14(20)18-12-5-7-13(8-6-12)19-16(11-17)9-4-10-16/h12-13,19H,4-10H2,1-3H3,(H,18,20). The second kappa shape index (κ2) is 6.23. The number of nitrogens with zero attached hydrogens (tertiary/aromatic N) is 1. The van der Waals surface area contributed by atoms with E-state index in [4.69, 9.17) is 4.74 Å². The fourth-order valence-corrected chi connectivity index (χ4v) is 3.07. The normalized spacial score (nSPS) is 28.1. The van der Waals surface area contributed by atoms with Crippen LogP contribution in [0.15, 0.2) is 0 Å². The predicted octanol–water partition coefficient (Wildman–Crippen LogP) is 2.86. The van der Waals surface area contributed by atoms with Crippen LogP contribution in [0, 0.1) is 11.3 Å². The summed E-state index contributed by atoms with van der Waals surface area (Å²) in [5.41, 5.74) is -0.720. The summed E-state index contributed by atoms with van der Waals surface area (Å²) in [5, 5.41) is 15.7. The van der Waals surface area contributed by atoms with Gasteiger partial charge in [-0.15, -0.1) is 0 Å². The first-order chi connectivity index (χ1) is 9.82. The van der Waals surface area contributed by atoms with E-state index in [0.29, 0.717) is 6.04 Å². The number of amides is 1. The lowest BCUT2D eigenvalue weighted by Gasteiger charge is -2.41. The molecule has 0 saturated heterocycles. The first-order valence-corrected chi connectivity index (χ1v) is 8.00. The van der Waals surface area contributed by atoms with Gasteiger partial charge in [0, 0.05) is 12.1 Å². The summed E-state index contributed by atoms with van der Waals surface area (Å²) in [4.78, 5) is 11.7. The van der Waals surface area contributed by atoms with Crippen molar-refractivity contribution in [1.29, 1.82) is 5.26 Å². The van der Waals surface area contributed by atoms with Gasteiger partial charge in [-0.3, -0.25) is 5.32 Å². The molecule has 2 saturated carbocycles. The highest BCUT2D eigenvalue weighted by Crippen LogP contribution is 2.33. The number of nitrogens with one attached hydrogen (secondary N) is 2. The SMILES string of the molecule is CC(C)(C)OC(=O)NC1CCC(NC2(C#N)CCC2)CC1. The maximum absolute atomic E-state index is 11.7. The maximum Gasteiger partial charge on any atom is 0.407 e. The van der Waals surface area contributed by atoms with Crippen LogP contribution in [0.1, 0.15) is 65.7 Å². The first-order valence-electron chi connectivity index (χ1n) is 8.00. The summed E-state index contributed by atoms with van der Waals surface area (Å²) in [6.45, 7) is 5.61. The second-order valence-corrected chi connectivity index (χ2v) is 7.39. The minimum Gasteiger partial charge on any atom is -0.444 e. The van der Waals surface area contributed by atoms with Crippen LogP contribution >= 0.6 is 0 Å². The zero-order chi connectivity index (χ0) is 15.5. The van der Waals surface area contributed by atoms with Gasteiger partial charge >= 0.3 is 6.09 Å². The monoisotopic (exact) mass is 293 g/mol. The fourth-order valence-electron chi connectivity index (χ4n) is 3.07. The van der Waals surface area contributed by atoms with Crippen LogP contribution in [0.5, 0.6) is 0 Å². The molecule has 2 fully saturated rings. The molecular formula is C16H27N3O2. The third-order valence-electron chi connectivity index (χ3n) is 4.35. The highest BCUT2D eigenvalue weighted by Gasteiger charge is 2.39. The van der Waals surface area contributed by atoms with Gasteiger partial charge in [-0.1, -0.05) is 0 Å². The van der Waals surface area contributed by atoms with Gasteiger partial charge in [0.05, 0.1) is 6.07 Å². The van der Waals surface area contributed by atoms with Gasteiger partial charge in [-0.2, -0.15) is 5.26 Å². The van der Waals surface area contributed by atoms with Gasteiger partial charge in [-0.25, -0.2) is 4.79 Å². The maximum atomic E-state index is 11.7. The molecule has 21 heavy (non-hydrogen) atoms. The van der Waals surface area contributed by atoms with E-state index in [0.717, 1.165) is 44.9 Å². The van der Waals surface area contributed by atoms with E-state index in [1.54, 1.807) is 0 Å². The van der Waals surface area contributed by atoms with Crippen LogP contribution in [0.4, 0.5) is 4.79 Å². The summed E-state index contributed by atoms with van der Waals surface area (Å²) < 4.78 is 5.28. The van der Waals surface area contributed by atoms with Crippen LogP contribution in [0.25, 0.3) is 0 Å². The summed E-state index contributed by atoms with van der Waals surface area (Å²) in [6, 6.07) is 3.03. The van der Waals surface area contributed by atoms with E-state index in [1.807, 2.05) is 20.8 Å². The first kappa shape index (κ1) is 16.1. The Hall–Kier alpha value is -1.28. The number of rotatable bonds is 3. The average Bonchev–Trinajstić information content (AvgIpc) is 2.33. The minimum absolute atomic E-state index is 0.192. The van der Waals surface area contributed by atoms with Gasteiger partial charge in [0.2, 0.25) is 0 Å². The number of carbonyl (C=O) groups is 1. The molecule has 0 aliphatic heterocycles. The van der Waals surface area contributed by atoms with Crippen molar-refractivity contribution in [3.63, 3.8) is 0 Å². The number of alkyl carbamates (subject to hydrolysis) is 1. The van der Waals surface area contributed by atoms with E-state index >= 15 is 0 Å². The van der Waals surface area contributed by atoms with Crippen molar-refractivity contribution in [2.24, 2.45) is 0 Å². The Morgan fingerprint density at radius 3 is 2.19 bits per heavy atom. The molecule has 2 rings (SSSR count). The Labute approximate surface area is 127 Å². The molecule has 0 radical (unpaired) electrons. The molecule has 5 heteroatoms. The van der Waals surface area contributed by atoms with Crippen molar-refractivity contribution < 1.29 is 9.53 Å². The van der Waals surface area contributed by atoms with Crippen molar-refractivity contribution in [3.05, 3.63) is 0 Å². The van der Waals surface area contributed by atoms with E-state index in [1.165, 1.54) is 0 Å². The van der Waals surface area contributed by atoms with Gasteiger partial charge < -0.3 is 10.1 Å². The van der Waals surface area contributed by atoms with Gasteiger partial charge in [-0.05, 0) is 65.7 Å². The molecule has 0 bridgehead atoms. The van der Waals surface area contributed by atoms with Crippen LogP contribution in [0.3, 0.4) is 0 Å². The molecule has 118 valence electrons. The number of carbonyl (C=O) groups excluding carboxylic acids is 1. The number of ether oxygens (including phenoxy) is 1. The van der Waals surface area contributed by atoms with E-state index < -0.39 is 5.60 Å². The van der Waals surface area contributed by atoms with Crippen molar-refractivity contribution in [2.45, 2.75) is 88.9 Å². The Morgan fingerprint density at radius 1 is 1.19 bits per heavy atom. The molecule has 2 N–H and O–H groups in total. The molecule has 0 aromatic heterocycles. The molecule has 0 unspecified atom stereocenters. The molecule has 0 heterocycles. The lowest BCUT2D eigenvalue weighted by Crippen LogP contribution is -2.55. The highest BCUT2D eigenvalue weighted by atomic mass is 16.6. The molecule has 0 aromatic carbocycles. The smallest absolute Gasteiger partial charge is 0.407 e. The summed E-state index contributed by atoms with van der Waals surface area (Å²) in [6.07, 6.45) is 6.66. The lowest BCUT2D eigenvalue weighted by atomic mass is 9.76. The number of nitriles is 1. The summed E-state index contributed by atoms with van der Waals surface area (Å²) in [7, 11) is 0. The van der Waals surface area contributed by atoms with Crippen LogP contribution < -0.4 is 10.6 Å². The van der Waals surface area contributed by atoms with E-state index in [-0.39, 0.29) is 17.7 Å². The Balaban J connectivity index is 1.71. The van der Waals surface area contributed by atoms with E-state index in [9.17, 15) is 10.1 Å². The molecule has 1 amide bonds. The quantitative estimate of drug-likeness (QED) is 0.839. The van der Waals surface area contributed by atoms with Gasteiger partial charge in [0.15, 0.2) is 0 Å². The van der Waals surface area contributed by atoms with Crippen LogP contribution in [-0.4, -0.2) is 29.3 Å². The highest BCUT2D eigenvalue weighted by molar-refractivity contribution is 5.68. The third kappa shape index (κ3) is 4.60. The van der Waals surface area contributed by atoms with Crippen molar-refractivity contribution >= 4 is 6.09 Å². The van der Waals surface area contributed by atoms with Crippen LogP contribution in [0.2, 0.25) is 0 Å². The minimum atomic E-state index is -0.452. The van der Waals surface area contributed by atoms with Crippen molar-refractivity contribution in [1.82, 2.24) is 10.6 Å². The fraction of sp³-hybridized carbons (Fsp3) is 0.875. The third-order valence-corrected chi connectivity index (χ3v) is 4.35. The summed E-state index contributed by atoms with van der Waals surface area (Å²) >= 11 is 0. The molecule has 5 nitrogen and oxygen atoms in total. The second-order valence-electron chi connectivity index (χ2n) is 7.39. The van der Waals surface area contributed by atoms with E-state index in [2.05, 4.69) is 16.7 Å². The van der Waals surface area contributed by atoms with Gasteiger partial charge in [0.25, 0.3) is 0 Å². The molecule has 2 aliphatic carbocycles. The Bertz CT molecular complexity index is 410. The lowest BCUT2D eigenvalue weighted by molar-refractivity contribution is 0.0487. The predicted molar refractivity (Wildman–Crippen MR) is 80.7 cm³/mol. The molecule has 0 spiro atoms. The van der Waals surface area contributed by atoms with Gasteiger partial charge in [0.1, 0.15) is 11.1 Å². The summed E-state index contributed by atoms with van der Waals surface area (Å²) in [5.74, 6) is 0. The zero-order valence-electron chi connectivity index (χ0n) is 13.4. The molecule has 0 atom stereocenters. The van der Waals surface area contributed by atoms with Crippen LogP contribution in [-0.2, 0) is 4.74 Å². The molecule has 2 aliphatic rings. The molecule has 0 aromatic rings. The van der Waals surface area contributed by atoms with Crippen molar-refractivity contribution in [2.75, 3.05) is 0 Å². The Kier molecular flexibility index (Phi) is 4.77. The Morgan fingerprint density at radius 2 is 1.76 bits per heavy atom.